The fraction of sp³-hybridized carbons (Fsp3) is 0.500. The first kappa shape index (κ1) is 18.8. The van der Waals surface area contributed by atoms with Gasteiger partial charge in [0.15, 0.2) is 0 Å². The van der Waals surface area contributed by atoms with E-state index in [0.29, 0.717) is 0 Å². The lowest BCUT2D eigenvalue weighted by Gasteiger charge is -1.99. The summed E-state index contributed by atoms with van der Waals surface area (Å²) in [6, 6.07) is 0. The summed E-state index contributed by atoms with van der Waals surface area (Å²) in [5.41, 5.74) is 0. The van der Waals surface area contributed by atoms with Crippen molar-refractivity contribution >= 4 is 16.0 Å². The molecule has 0 aromatic rings. The number of hydrogen-bond donors (Lipinski definition) is 4. The van der Waals surface area contributed by atoms with Crippen LogP contribution in [0.4, 0.5) is 0 Å². The second kappa shape index (κ2) is 8.63. The minimum Gasteiger partial charge on any atom is -0.353 e. The van der Waals surface area contributed by atoms with Crippen molar-refractivity contribution in [1.82, 2.24) is 17.6 Å². The number of amides is 1. The molecule has 0 heterocycles. The topological polar surface area (TPSA) is 153 Å². The molecule has 7 nitrogen and oxygen atoms in total. The molecule has 14 heavy (non-hydrogen) atoms. The Morgan fingerprint density at radius 1 is 1.43 bits per heavy atom. The monoisotopic (exact) mass is 227 g/mol. The third kappa shape index (κ3) is 13.6. The van der Waals surface area contributed by atoms with Crippen molar-refractivity contribution < 1.29 is 17.8 Å². The molecule has 0 aliphatic rings. The zero-order valence-electron chi connectivity index (χ0n) is 7.90. The van der Waals surface area contributed by atoms with Crippen molar-refractivity contribution in [1.29, 1.82) is 0 Å². The number of carbonyl (C=O) groups is 1. The second-order valence-electron chi connectivity index (χ2n) is 2.13. The molecule has 0 aromatic carbocycles. The Bertz CT molecular complexity index is 262. The summed E-state index contributed by atoms with van der Waals surface area (Å²) in [6.07, 6.45) is 1.28. The molecule has 0 atom stereocenters. The van der Waals surface area contributed by atoms with Gasteiger partial charge in [-0.15, -0.1) is 0 Å². The normalized spacial score (nSPS) is 9.21. The van der Waals surface area contributed by atoms with Crippen LogP contribution in [0, 0.1) is 0 Å². The van der Waals surface area contributed by atoms with Gasteiger partial charge in [0.25, 0.3) is 10.1 Å². The van der Waals surface area contributed by atoms with Crippen LogP contribution in [0.1, 0.15) is 6.42 Å². The number of nitrogens with one attached hydrogen (secondary N) is 1. The van der Waals surface area contributed by atoms with Crippen LogP contribution in [-0.4, -0.2) is 31.2 Å². The molecule has 8 heteroatoms. The van der Waals surface area contributed by atoms with Crippen LogP contribution in [0.3, 0.4) is 0 Å². The Morgan fingerprint density at radius 3 is 2.29 bits per heavy atom. The molecular formula is C6H17N3O4S. The van der Waals surface area contributed by atoms with Gasteiger partial charge in [0.05, 0.1) is 5.75 Å². The van der Waals surface area contributed by atoms with Gasteiger partial charge in [-0.25, -0.2) is 0 Å². The first-order valence-electron chi connectivity index (χ1n) is 3.31. The molecule has 0 saturated carbocycles. The SMILES string of the molecule is C=CC(=O)NCCCS(=O)(=O)O.N.N. The minimum absolute atomic E-state index is 0. The molecule has 0 radical (unpaired) electrons. The maximum absolute atomic E-state index is 10.5. The molecule has 1 amide bonds. The van der Waals surface area contributed by atoms with Gasteiger partial charge in [-0.2, -0.15) is 8.42 Å². The summed E-state index contributed by atoms with van der Waals surface area (Å²) >= 11 is 0. The third-order valence-electron chi connectivity index (χ3n) is 1.06. The largest absolute Gasteiger partial charge is 0.353 e. The zero-order chi connectivity index (χ0) is 9.61. The van der Waals surface area contributed by atoms with Gasteiger partial charge in [-0.05, 0) is 12.5 Å². The van der Waals surface area contributed by atoms with Gasteiger partial charge >= 0.3 is 0 Å². The summed E-state index contributed by atoms with van der Waals surface area (Å²) in [5, 5.41) is 2.37. The van der Waals surface area contributed by atoms with Gasteiger partial charge in [0.2, 0.25) is 5.91 Å². The van der Waals surface area contributed by atoms with Crippen molar-refractivity contribution in [2.75, 3.05) is 12.3 Å². The van der Waals surface area contributed by atoms with Crippen molar-refractivity contribution in [3.8, 4) is 0 Å². The second-order valence-corrected chi connectivity index (χ2v) is 3.71. The van der Waals surface area contributed by atoms with E-state index in [9.17, 15) is 13.2 Å². The van der Waals surface area contributed by atoms with E-state index in [0.717, 1.165) is 6.08 Å². The molecule has 0 fully saturated rings. The van der Waals surface area contributed by atoms with Crippen molar-refractivity contribution in [2.45, 2.75) is 6.42 Å². The molecule has 0 unspecified atom stereocenters. The maximum Gasteiger partial charge on any atom is 0.264 e. The molecule has 0 aliphatic heterocycles. The average molecular weight is 227 g/mol. The Kier molecular flexibility index (Phi) is 11.6. The Hall–Kier alpha value is -0.960. The molecule has 0 rings (SSSR count). The number of carbonyl (C=O) groups excluding carboxylic acids is 1. The van der Waals surface area contributed by atoms with E-state index in [-0.39, 0.29) is 36.9 Å². The van der Waals surface area contributed by atoms with Crippen LogP contribution in [0.2, 0.25) is 0 Å². The minimum atomic E-state index is -3.91. The average Bonchev–Trinajstić information content (AvgIpc) is 1.96. The van der Waals surface area contributed by atoms with Gasteiger partial charge in [0.1, 0.15) is 0 Å². The fourth-order valence-electron chi connectivity index (χ4n) is 0.538. The number of rotatable bonds is 5. The highest BCUT2D eigenvalue weighted by molar-refractivity contribution is 7.85. The molecule has 86 valence electrons. The van der Waals surface area contributed by atoms with Gasteiger partial charge in [-0.3, -0.25) is 9.35 Å². The number of hydrogen-bond acceptors (Lipinski definition) is 5. The molecular weight excluding hydrogens is 210 g/mol. The molecule has 0 aromatic heterocycles. The van der Waals surface area contributed by atoms with E-state index >= 15 is 0 Å². The highest BCUT2D eigenvalue weighted by atomic mass is 32.2. The molecule has 8 N–H and O–H groups in total. The quantitative estimate of drug-likeness (QED) is 0.292. The van der Waals surface area contributed by atoms with Crippen LogP contribution in [0.15, 0.2) is 12.7 Å². The first-order valence-corrected chi connectivity index (χ1v) is 4.92. The molecule has 0 aliphatic carbocycles. The fourth-order valence-corrected chi connectivity index (χ4v) is 1.05. The molecule has 0 spiro atoms. The van der Waals surface area contributed by atoms with Crippen LogP contribution in [0.5, 0.6) is 0 Å². The van der Waals surface area contributed by atoms with E-state index in [4.69, 9.17) is 4.55 Å². The zero-order valence-corrected chi connectivity index (χ0v) is 8.72. The van der Waals surface area contributed by atoms with Crippen molar-refractivity contribution in [2.24, 2.45) is 0 Å². The Morgan fingerprint density at radius 2 is 1.93 bits per heavy atom. The molecule has 0 saturated heterocycles. The van der Waals surface area contributed by atoms with E-state index in [2.05, 4.69) is 11.9 Å². The van der Waals surface area contributed by atoms with Crippen LogP contribution in [0.25, 0.3) is 0 Å². The lowest BCUT2D eigenvalue weighted by molar-refractivity contribution is -0.116. The van der Waals surface area contributed by atoms with Gasteiger partial charge in [0, 0.05) is 6.54 Å². The third-order valence-corrected chi connectivity index (χ3v) is 1.87. The van der Waals surface area contributed by atoms with Gasteiger partial charge < -0.3 is 17.6 Å². The Balaban J connectivity index is -0.000000605. The van der Waals surface area contributed by atoms with E-state index < -0.39 is 10.1 Å². The summed E-state index contributed by atoms with van der Waals surface area (Å²) < 4.78 is 28.6. The van der Waals surface area contributed by atoms with Crippen molar-refractivity contribution in [3.05, 3.63) is 12.7 Å². The summed E-state index contributed by atoms with van der Waals surface area (Å²) in [6.45, 7) is 3.42. The van der Waals surface area contributed by atoms with E-state index in [1.807, 2.05) is 0 Å². The smallest absolute Gasteiger partial charge is 0.264 e. The van der Waals surface area contributed by atoms with Crippen LogP contribution < -0.4 is 17.6 Å². The van der Waals surface area contributed by atoms with E-state index in [1.165, 1.54) is 0 Å². The summed E-state index contributed by atoms with van der Waals surface area (Å²) in [7, 11) is -3.91. The standard InChI is InChI=1S/C6H11NO4S.2H3N/c1-2-6(8)7-4-3-5-12(9,10)11;;/h2H,1,3-5H2,(H,7,8)(H,9,10,11);2*1H3. The van der Waals surface area contributed by atoms with Crippen molar-refractivity contribution in [3.63, 3.8) is 0 Å². The highest BCUT2D eigenvalue weighted by Gasteiger charge is 2.03. The lowest BCUT2D eigenvalue weighted by Crippen LogP contribution is -2.23. The summed E-state index contributed by atoms with van der Waals surface area (Å²) in [5.74, 6) is -0.699. The van der Waals surface area contributed by atoms with E-state index in [1.54, 1.807) is 0 Å². The summed E-state index contributed by atoms with van der Waals surface area (Å²) in [4.78, 5) is 10.5. The lowest BCUT2D eigenvalue weighted by atomic mass is 10.4. The Labute approximate surface area is 83.5 Å². The maximum atomic E-state index is 10.5. The predicted molar refractivity (Wildman–Crippen MR) is 54.3 cm³/mol. The predicted octanol–water partition coefficient (Wildman–Crippen LogP) is -0.109. The molecule has 0 bridgehead atoms. The van der Waals surface area contributed by atoms with Gasteiger partial charge in [-0.1, -0.05) is 6.58 Å². The highest BCUT2D eigenvalue weighted by Crippen LogP contribution is 1.86. The van der Waals surface area contributed by atoms with Crippen LogP contribution >= 0.6 is 0 Å². The first-order chi connectivity index (χ1) is 5.45. The van der Waals surface area contributed by atoms with Crippen LogP contribution in [-0.2, 0) is 14.9 Å².